The smallest absolute Gasteiger partial charge is 0.253 e. The van der Waals surface area contributed by atoms with Crippen LogP contribution in [0.2, 0.25) is 0 Å². The number of benzene rings is 1. The number of nitrogens with two attached hydrogens (primary N) is 1. The molecule has 1 rings (SSSR count). The van der Waals surface area contributed by atoms with Crippen LogP contribution < -0.4 is 11.1 Å². The quantitative estimate of drug-likeness (QED) is 0.735. The maximum absolute atomic E-state index is 11.7. The number of hydrogen-bond acceptors (Lipinski definition) is 3. The summed E-state index contributed by atoms with van der Waals surface area (Å²) in [5.74, 6) is -0.223. The van der Waals surface area contributed by atoms with Crippen LogP contribution >= 0.6 is 15.9 Å². The summed E-state index contributed by atoms with van der Waals surface area (Å²) in [5, 5.41) is 11.7. The van der Waals surface area contributed by atoms with Gasteiger partial charge in [0.05, 0.1) is 11.7 Å². The Balaban J connectivity index is 2.62. The maximum Gasteiger partial charge on any atom is 0.253 e. The number of nitrogens with one attached hydrogen (secondary N) is 1. The first-order valence-electron chi connectivity index (χ1n) is 5.02. The molecule has 1 unspecified atom stereocenters. The van der Waals surface area contributed by atoms with E-state index in [0.29, 0.717) is 24.2 Å². The number of aliphatic hydroxyl groups is 1. The molecule has 0 heterocycles. The van der Waals surface area contributed by atoms with Crippen LogP contribution in [-0.4, -0.2) is 23.7 Å². The first-order valence-corrected chi connectivity index (χ1v) is 5.81. The number of aliphatic hydroxyl groups excluding tert-OH is 1. The van der Waals surface area contributed by atoms with E-state index >= 15 is 0 Å². The van der Waals surface area contributed by atoms with E-state index in [9.17, 15) is 4.79 Å². The molecule has 0 aliphatic heterocycles. The largest absolute Gasteiger partial charge is 0.398 e. The standard InChI is InChI=1S/C11H15BrN2O2/c1-7(15)4-5-14-11(16)9-6-8(12)2-3-10(9)13/h2-3,6-7,15H,4-5,13H2,1H3,(H,14,16). The van der Waals surface area contributed by atoms with Gasteiger partial charge in [0.2, 0.25) is 0 Å². The summed E-state index contributed by atoms with van der Waals surface area (Å²) in [6.45, 7) is 2.11. The van der Waals surface area contributed by atoms with Crippen molar-refractivity contribution in [2.24, 2.45) is 0 Å². The second-order valence-electron chi connectivity index (χ2n) is 3.63. The van der Waals surface area contributed by atoms with Crippen LogP contribution in [-0.2, 0) is 0 Å². The first-order chi connectivity index (χ1) is 7.50. The molecule has 5 heteroatoms. The molecule has 4 nitrogen and oxygen atoms in total. The number of halogens is 1. The number of rotatable bonds is 4. The molecule has 0 aliphatic carbocycles. The molecular formula is C11H15BrN2O2. The van der Waals surface area contributed by atoms with E-state index in [1.165, 1.54) is 0 Å². The molecule has 0 saturated heterocycles. The molecule has 0 radical (unpaired) electrons. The van der Waals surface area contributed by atoms with Crippen LogP contribution in [0.4, 0.5) is 5.69 Å². The highest BCUT2D eigenvalue weighted by Gasteiger charge is 2.09. The highest BCUT2D eigenvalue weighted by Crippen LogP contribution is 2.18. The van der Waals surface area contributed by atoms with Gasteiger partial charge in [-0.15, -0.1) is 0 Å². The number of amides is 1. The zero-order valence-corrected chi connectivity index (χ0v) is 10.6. The molecule has 0 bridgehead atoms. The molecule has 1 amide bonds. The van der Waals surface area contributed by atoms with E-state index in [-0.39, 0.29) is 5.91 Å². The molecule has 0 saturated carbocycles. The van der Waals surface area contributed by atoms with Crippen LogP contribution in [0.25, 0.3) is 0 Å². The molecule has 1 aromatic carbocycles. The average Bonchev–Trinajstić information content (AvgIpc) is 2.21. The van der Waals surface area contributed by atoms with Crippen molar-refractivity contribution in [2.45, 2.75) is 19.4 Å². The van der Waals surface area contributed by atoms with E-state index < -0.39 is 6.10 Å². The molecule has 0 aromatic heterocycles. The molecular weight excluding hydrogens is 272 g/mol. The minimum Gasteiger partial charge on any atom is -0.398 e. The van der Waals surface area contributed by atoms with Gasteiger partial charge in [-0.05, 0) is 31.5 Å². The zero-order valence-electron chi connectivity index (χ0n) is 9.03. The molecule has 1 atom stereocenters. The SMILES string of the molecule is CC(O)CCNC(=O)c1cc(Br)ccc1N. The maximum atomic E-state index is 11.7. The number of carbonyl (C=O) groups excluding carboxylic acids is 1. The van der Waals surface area contributed by atoms with Crippen molar-refractivity contribution in [3.05, 3.63) is 28.2 Å². The van der Waals surface area contributed by atoms with E-state index in [4.69, 9.17) is 10.8 Å². The number of hydrogen-bond donors (Lipinski definition) is 3. The minimum atomic E-state index is -0.417. The number of anilines is 1. The monoisotopic (exact) mass is 286 g/mol. The fourth-order valence-electron chi connectivity index (χ4n) is 1.21. The second kappa shape index (κ2) is 5.86. The molecule has 16 heavy (non-hydrogen) atoms. The summed E-state index contributed by atoms with van der Waals surface area (Å²) in [6.07, 6.45) is 0.111. The fourth-order valence-corrected chi connectivity index (χ4v) is 1.58. The van der Waals surface area contributed by atoms with Gasteiger partial charge in [-0.25, -0.2) is 0 Å². The van der Waals surface area contributed by atoms with Gasteiger partial charge in [0.25, 0.3) is 5.91 Å². The van der Waals surface area contributed by atoms with Crippen molar-refractivity contribution in [3.63, 3.8) is 0 Å². The third kappa shape index (κ3) is 3.83. The summed E-state index contributed by atoms with van der Waals surface area (Å²) in [7, 11) is 0. The molecule has 4 N–H and O–H groups in total. The Labute approximate surface area is 103 Å². The Bertz CT molecular complexity index is 380. The van der Waals surface area contributed by atoms with E-state index in [0.717, 1.165) is 4.47 Å². The third-order valence-corrected chi connectivity index (χ3v) is 2.60. The van der Waals surface area contributed by atoms with Gasteiger partial charge in [-0.1, -0.05) is 15.9 Å². The minimum absolute atomic E-state index is 0.223. The Morgan fingerprint density at radius 1 is 1.62 bits per heavy atom. The van der Waals surface area contributed by atoms with Gasteiger partial charge >= 0.3 is 0 Å². The molecule has 0 spiro atoms. The summed E-state index contributed by atoms with van der Waals surface area (Å²) >= 11 is 3.28. The first kappa shape index (κ1) is 13.0. The van der Waals surface area contributed by atoms with Crippen molar-refractivity contribution in [1.82, 2.24) is 5.32 Å². The summed E-state index contributed by atoms with van der Waals surface area (Å²) < 4.78 is 0.808. The lowest BCUT2D eigenvalue weighted by Crippen LogP contribution is -2.27. The Morgan fingerprint density at radius 3 is 2.94 bits per heavy atom. The van der Waals surface area contributed by atoms with Gasteiger partial charge in [0, 0.05) is 16.7 Å². The summed E-state index contributed by atoms with van der Waals surface area (Å²) in [6, 6.07) is 5.13. The third-order valence-electron chi connectivity index (χ3n) is 2.11. The van der Waals surface area contributed by atoms with Gasteiger partial charge in [0.1, 0.15) is 0 Å². The predicted molar refractivity (Wildman–Crippen MR) is 67.2 cm³/mol. The molecule has 1 aromatic rings. The lowest BCUT2D eigenvalue weighted by Gasteiger charge is -2.08. The Kier molecular flexibility index (Phi) is 4.76. The Hall–Kier alpha value is -1.07. The second-order valence-corrected chi connectivity index (χ2v) is 4.54. The predicted octanol–water partition coefficient (Wildman–Crippen LogP) is 1.53. The van der Waals surface area contributed by atoms with Crippen molar-refractivity contribution >= 4 is 27.5 Å². The van der Waals surface area contributed by atoms with E-state index in [2.05, 4.69) is 21.2 Å². The van der Waals surface area contributed by atoms with Crippen LogP contribution in [0.15, 0.2) is 22.7 Å². The normalized spacial score (nSPS) is 12.2. The topological polar surface area (TPSA) is 75.3 Å². The molecule has 88 valence electrons. The lowest BCUT2D eigenvalue weighted by atomic mass is 10.1. The van der Waals surface area contributed by atoms with Crippen molar-refractivity contribution in [1.29, 1.82) is 0 Å². The fraction of sp³-hybridized carbons (Fsp3) is 0.364. The van der Waals surface area contributed by atoms with Crippen LogP contribution in [0, 0.1) is 0 Å². The highest BCUT2D eigenvalue weighted by atomic mass is 79.9. The summed E-state index contributed by atoms with van der Waals surface area (Å²) in [5.41, 5.74) is 6.58. The van der Waals surface area contributed by atoms with E-state index in [1.54, 1.807) is 25.1 Å². The van der Waals surface area contributed by atoms with Gasteiger partial charge in [0.15, 0.2) is 0 Å². The highest BCUT2D eigenvalue weighted by molar-refractivity contribution is 9.10. The average molecular weight is 287 g/mol. The lowest BCUT2D eigenvalue weighted by molar-refractivity contribution is 0.0946. The van der Waals surface area contributed by atoms with Crippen LogP contribution in [0.3, 0.4) is 0 Å². The van der Waals surface area contributed by atoms with Crippen molar-refractivity contribution in [2.75, 3.05) is 12.3 Å². The van der Waals surface area contributed by atoms with Gasteiger partial charge in [-0.2, -0.15) is 0 Å². The number of carbonyl (C=O) groups is 1. The molecule has 0 aliphatic rings. The van der Waals surface area contributed by atoms with Gasteiger partial charge in [-0.3, -0.25) is 4.79 Å². The van der Waals surface area contributed by atoms with Crippen molar-refractivity contribution < 1.29 is 9.90 Å². The molecule has 0 fully saturated rings. The zero-order chi connectivity index (χ0) is 12.1. The van der Waals surface area contributed by atoms with Crippen LogP contribution in [0.1, 0.15) is 23.7 Å². The Morgan fingerprint density at radius 2 is 2.31 bits per heavy atom. The number of nitrogen functional groups attached to an aromatic ring is 1. The van der Waals surface area contributed by atoms with Crippen LogP contribution in [0.5, 0.6) is 0 Å². The summed E-state index contributed by atoms with van der Waals surface area (Å²) in [4.78, 5) is 11.7. The van der Waals surface area contributed by atoms with Gasteiger partial charge < -0.3 is 16.2 Å². The van der Waals surface area contributed by atoms with E-state index in [1.807, 2.05) is 0 Å². The van der Waals surface area contributed by atoms with Crippen molar-refractivity contribution in [3.8, 4) is 0 Å².